The minimum absolute atomic E-state index is 0. The van der Waals surface area contributed by atoms with Gasteiger partial charge in [0.2, 0.25) is 0 Å². The van der Waals surface area contributed by atoms with E-state index in [9.17, 15) is 0 Å². The summed E-state index contributed by atoms with van der Waals surface area (Å²) in [5.74, 6) is 0.398. The Labute approximate surface area is 155 Å². The van der Waals surface area contributed by atoms with Gasteiger partial charge in [-0.25, -0.2) is 0 Å². The zero-order valence-electron chi connectivity index (χ0n) is 14.0. The van der Waals surface area contributed by atoms with Crippen molar-refractivity contribution in [3.63, 3.8) is 0 Å². The Bertz CT molecular complexity index is 309. The molecule has 0 saturated carbocycles. The molecule has 2 aliphatic carbocycles. The van der Waals surface area contributed by atoms with Crippen LogP contribution in [0.2, 0.25) is 0 Å². The zero-order chi connectivity index (χ0) is 16.5. The molecule has 22 heavy (non-hydrogen) atoms. The van der Waals surface area contributed by atoms with Gasteiger partial charge in [-0.3, -0.25) is 0 Å². The molecule has 2 aliphatic rings. The summed E-state index contributed by atoms with van der Waals surface area (Å²) in [5.41, 5.74) is 2.90. The second-order valence-corrected chi connectivity index (χ2v) is 4.17. The maximum Gasteiger partial charge on any atom is 4.00 e. The van der Waals surface area contributed by atoms with Crippen molar-refractivity contribution in [2.75, 3.05) is 19.8 Å². The summed E-state index contributed by atoms with van der Waals surface area (Å²) in [7, 11) is 0. The molecule has 0 aromatic rings. The molecule has 0 amide bonds. The van der Waals surface area contributed by atoms with E-state index in [1.54, 1.807) is 20.8 Å². The van der Waals surface area contributed by atoms with E-state index in [0.717, 1.165) is 12.8 Å². The van der Waals surface area contributed by atoms with Gasteiger partial charge >= 0.3 is 26.2 Å². The van der Waals surface area contributed by atoms with Gasteiger partial charge in [-0.2, -0.15) is 0 Å². The minimum atomic E-state index is 0. The Hall–Kier alpha value is -0.277. The molecule has 4 heteroatoms. The number of allylic oxidation sites excluding steroid dienone is 8. The minimum Gasteiger partial charge on any atom is -0.855 e. The number of hydrogen-bond acceptors (Lipinski definition) is 3. The summed E-state index contributed by atoms with van der Waals surface area (Å²) in [4.78, 5) is 0. The van der Waals surface area contributed by atoms with Gasteiger partial charge in [0.25, 0.3) is 0 Å². The van der Waals surface area contributed by atoms with Crippen molar-refractivity contribution in [2.45, 2.75) is 33.6 Å². The molecule has 0 aromatic heterocycles. The molecule has 0 heterocycles. The van der Waals surface area contributed by atoms with Crippen LogP contribution in [0, 0.1) is 12.8 Å². The number of rotatable bonds is 2. The van der Waals surface area contributed by atoms with E-state index < -0.39 is 0 Å². The Morgan fingerprint density at radius 1 is 0.864 bits per heavy atom. The maximum atomic E-state index is 8.93. The Morgan fingerprint density at radius 2 is 1.14 bits per heavy atom. The summed E-state index contributed by atoms with van der Waals surface area (Å²) in [6, 6.07) is 0. The molecule has 0 unspecified atom stereocenters. The molecule has 0 aromatic carbocycles. The normalized spacial score (nSPS) is 13.6. The molecule has 0 saturated heterocycles. The molecule has 0 aliphatic heterocycles. The standard InChI is InChI=1S/C12H13.3C2H5O.Zr/c1-10(11-6-2-3-7-11)12-8-4-5-9-12;3*1-2-3;/h2-6,8,10H,1,7,9H2;3*2H2,1H3;/q4*-1;+4. The van der Waals surface area contributed by atoms with E-state index in [1.165, 1.54) is 11.1 Å². The van der Waals surface area contributed by atoms with Gasteiger partial charge in [-0.15, -0.1) is 25.7 Å². The summed E-state index contributed by atoms with van der Waals surface area (Å²) in [6.07, 6.45) is 15.2. The van der Waals surface area contributed by atoms with E-state index in [2.05, 4.69) is 43.4 Å². The van der Waals surface area contributed by atoms with Crippen LogP contribution in [0.1, 0.15) is 33.6 Å². The van der Waals surface area contributed by atoms with Crippen LogP contribution < -0.4 is 15.3 Å². The first kappa shape index (κ1) is 26.6. The predicted octanol–water partition coefficient (Wildman–Crippen LogP) is 1.31. The summed E-state index contributed by atoms with van der Waals surface area (Å²) in [6.45, 7) is 8.89. The smallest absolute Gasteiger partial charge is 0.855 e. The van der Waals surface area contributed by atoms with E-state index >= 15 is 0 Å². The van der Waals surface area contributed by atoms with Crippen LogP contribution in [0.15, 0.2) is 47.6 Å². The average Bonchev–Trinajstić information content (AvgIpc) is 3.15. The van der Waals surface area contributed by atoms with Crippen molar-refractivity contribution in [3.05, 3.63) is 54.5 Å². The molecule has 122 valence electrons. The quantitative estimate of drug-likeness (QED) is 0.675. The molecule has 0 radical (unpaired) electrons. The molecule has 0 bridgehead atoms. The van der Waals surface area contributed by atoms with E-state index in [1.807, 2.05) is 0 Å². The van der Waals surface area contributed by atoms with Crippen LogP contribution >= 0.6 is 0 Å². The first-order valence-corrected chi connectivity index (χ1v) is 7.41. The summed E-state index contributed by atoms with van der Waals surface area (Å²) in [5, 5.41) is 26.8. The fourth-order valence-electron chi connectivity index (χ4n) is 1.68. The van der Waals surface area contributed by atoms with Gasteiger partial charge in [0, 0.05) is 0 Å². The van der Waals surface area contributed by atoms with Gasteiger partial charge in [-0.1, -0.05) is 68.4 Å². The maximum absolute atomic E-state index is 8.93. The van der Waals surface area contributed by atoms with Crippen LogP contribution in [0.4, 0.5) is 0 Å². The largest absolute Gasteiger partial charge is 4.00 e. The Kier molecular flexibility index (Phi) is 25.1. The van der Waals surface area contributed by atoms with Crippen molar-refractivity contribution >= 4 is 0 Å². The molecule has 0 atom stereocenters. The molecular weight excluding hydrogens is 355 g/mol. The summed E-state index contributed by atoms with van der Waals surface area (Å²) >= 11 is 0. The fourth-order valence-corrected chi connectivity index (χ4v) is 1.68. The van der Waals surface area contributed by atoms with Gasteiger partial charge in [0.15, 0.2) is 0 Å². The van der Waals surface area contributed by atoms with Crippen molar-refractivity contribution in [1.29, 1.82) is 0 Å². The van der Waals surface area contributed by atoms with Crippen LogP contribution in [0.3, 0.4) is 0 Å². The van der Waals surface area contributed by atoms with E-state index in [-0.39, 0.29) is 46.0 Å². The van der Waals surface area contributed by atoms with Crippen LogP contribution in [0.5, 0.6) is 0 Å². The monoisotopic (exact) mass is 382 g/mol. The van der Waals surface area contributed by atoms with Crippen LogP contribution in [0.25, 0.3) is 0 Å². The molecule has 0 fully saturated rings. The Morgan fingerprint density at radius 3 is 1.32 bits per heavy atom. The predicted molar refractivity (Wildman–Crippen MR) is 84.2 cm³/mol. The van der Waals surface area contributed by atoms with Crippen molar-refractivity contribution in [1.82, 2.24) is 0 Å². The van der Waals surface area contributed by atoms with Crippen LogP contribution in [-0.4, -0.2) is 19.8 Å². The topological polar surface area (TPSA) is 69.2 Å². The van der Waals surface area contributed by atoms with Gasteiger partial charge < -0.3 is 22.2 Å². The van der Waals surface area contributed by atoms with E-state index in [0.29, 0.717) is 5.92 Å². The second kappa shape index (κ2) is 20.7. The van der Waals surface area contributed by atoms with Gasteiger partial charge in [0.05, 0.1) is 0 Å². The van der Waals surface area contributed by atoms with Crippen LogP contribution in [-0.2, 0) is 26.2 Å². The molecule has 3 nitrogen and oxygen atoms in total. The summed E-state index contributed by atoms with van der Waals surface area (Å²) < 4.78 is 0. The first-order chi connectivity index (χ1) is 10.1. The average molecular weight is 384 g/mol. The zero-order valence-corrected chi connectivity index (χ0v) is 16.5. The van der Waals surface area contributed by atoms with Crippen molar-refractivity contribution in [2.24, 2.45) is 5.92 Å². The molecule has 0 N–H and O–H groups in total. The van der Waals surface area contributed by atoms with Gasteiger partial charge in [0.1, 0.15) is 0 Å². The molecule has 0 spiro atoms. The first-order valence-electron chi connectivity index (χ1n) is 7.41. The third-order valence-corrected chi connectivity index (χ3v) is 2.50. The molecular formula is C18H28O3Zr. The third kappa shape index (κ3) is 14.7. The van der Waals surface area contributed by atoms with Gasteiger partial charge in [-0.05, 0) is 12.8 Å². The third-order valence-electron chi connectivity index (χ3n) is 2.50. The Balaban J connectivity index is -0.000000307. The second-order valence-electron chi connectivity index (χ2n) is 4.17. The van der Waals surface area contributed by atoms with E-state index in [4.69, 9.17) is 15.3 Å². The SMILES string of the molecule is CC[O-].CC[O-].CC[O-].[CH2-]C(C1=CC=CC1)C1=CC=CC1.[Zr+4]. The number of hydrogen-bond donors (Lipinski definition) is 0. The van der Waals surface area contributed by atoms with Crippen molar-refractivity contribution < 1.29 is 41.5 Å². The molecule has 2 rings (SSSR count). The fraction of sp³-hybridized carbons (Fsp3) is 0.500. The van der Waals surface area contributed by atoms with Crippen molar-refractivity contribution in [3.8, 4) is 0 Å².